The largest absolute Gasteiger partial charge is 0.497 e. The van der Waals surface area contributed by atoms with E-state index in [0.29, 0.717) is 17.3 Å². The van der Waals surface area contributed by atoms with Crippen LogP contribution in [0.1, 0.15) is 5.56 Å². The molecule has 0 aliphatic carbocycles. The average molecular weight is 285 g/mol. The predicted molar refractivity (Wildman–Crippen MR) is 74.2 cm³/mol. The van der Waals surface area contributed by atoms with Gasteiger partial charge in [0.1, 0.15) is 17.3 Å². The molecule has 0 radical (unpaired) electrons. The van der Waals surface area contributed by atoms with Crippen LogP contribution in [0.2, 0.25) is 0 Å². The molecule has 3 aromatic rings. The van der Waals surface area contributed by atoms with Crippen molar-refractivity contribution in [2.45, 2.75) is 6.92 Å². The van der Waals surface area contributed by atoms with Crippen molar-refractivity contribution in [1.29, 1.82) is 0 Å². The Hall–Kier alpha value is -2.76. The van der Waals surface area contributed by atoms with Crippen molar-refractivity contribution in [3.63, 3.8) is 0 Å². The first-order chi connectivity index (χ1) is 10.2. The highest BCUT2D eigenvalue weighted by Gasteiger charge is 2.15. The van der Waals surface area contributed by atoms with E-state index < -0.39 is 5.82 Å². The van der Waals surface area contributed by atoms with Gasteiger partial charge in [-0.05, 0) is 36.8 Å². The minimum Gasteiger partial charge on any atom is -0.497 e. The summed E-state index contributed by atoms with van der Waals surface area (Å²) in [6, 6.07) is 8.14. The van der Waals surface area contributed by atoms with Gasteiger partial charge in [0.15, 0.2) is 0 Å². The zero-order valence-corrected chi connectivity index (χ0v) is 11.5. The molecule has 3 rings (SSSR count). The topological polar surface area (TPSA) is 61.0 Å². The number of rotatable bonds is 3. The second-order valence-corrected chi connectivity index (χ2v) is 4.49. The number of pyridine rings is 1. The molecule has 0 bridgehead atoms. The van der Waals surface area contributed by atoms with Crippen molar-refractivity contribution in [2.24, 2.45) is 0 Å². The summed E-state index contributed by atoms with van der Waals surface area (Å²) in [7, 11) is 1.47. The molecule has 2 heterocycles. The minimum absolute atomic E-state index is 0.105. The number of hydrogen-bond donors (Lipinski definition) is 0. The van der Waals surface area contributed by atoms with E-state index >= 15 is 0 Å². The van der Waals surface area contributed by atoms with Gasteiger partial charge in [-0.1, -0.05) is 5.16 Å². The Bertz CT molecular complexity index is 786. The fourth-order valence-electron chi connectivity index (χ4n) is 1.89. The highest BCUT2D eigenvalue weighted by molar-refractivity contribution is 5.59. The summed E-state index contributed by atoms with van der Waals surface area (Å²) in [5.41, 5.74) is 1.84. The van der Waals surface area contributed by atoms with Gasteiger partial charge in [0, 0.05) is 12.3 Å². The van der Waals surface area contributed by atoms with E-state index in [1.807, 2.05) is 19.1 Å². The van der Waals surface area contributed by atoms with Crippen molar-refractivity contribution in [1.82, 2.24) is 15.1 Å². The first-order valence-corrected chi connectivity index (χ1v) is 6.28. The maximum absolute atomic E-state index is 14.0. The molecule has 0 amide bonds. The first kappa shape index (κ1) is 13.2. The quantitative estimate of drug-likeness (QED) is 0.739. The first-order valence-electron chi connectivity index (χ1n) is 6.28. The van der Waals surface area contributed by atoms with E-state index in [2.05, 4.69) is 15.1 Å². The second kappa shape index (κ2) is 5.32. The summed E-state index contributed by atoms with van der Waals surface area (Å²) in [4.78, 5) is 8.35. The Morgan fingerprint density at radius 3 is 2.76 bits per heavy atom. The number of aryl methyl sites for hydroxylation is 1. The second-order valence-electron chi connectivity index (χ2n) is 4.49. The Balaban J connectivity index is 1.98. The molecule has 0 saturated carbocycles. The maximum Gasteiger partial charge on any atom is 0.261 e. The van der Waals surface area contributed by atoms with Crippen molar-refractivity contribution in [3.05, 3.63) is 47.9 Å². The third-order valence-corrected chi connectivity index (χ3v) is 2.98. The van der Waals surface area contributed by atoms with Gasteiger partial charge in [-0.25, -0.2) is 4.39 Å². The molecule has 0 fully saturated rings. The number of benzene rings is 1. The van der Waals surface area contributed by atoms with Crippen molar-refractivity contribution >= 4 is 0 Å². The highest BCUT2D eigenvalue weighted by Crippen LogP contribution is 2.26. The predicted octanol–water partition coefficient (Wildman–Crippen LogP) is 3.25. The molecule has 0 aliphatic rings. The third kappa shape index (κ3) is 2.60. The lowest BCUT2D eigenvalue weighted by Gasteiger charge is -2.01. The standard InChI is InChI=1S/C15H12FN3O2/c1-9-5-6-17-13(7-9)14-18-15(21-19-14)11-4-3-10(20-2)8-12(11)16/h3-8H,1-2H3. The van der Waals surface area contributed by atoms with Crippen molar-refractivity contribution < 1.29 is 13.7 Å². The molecule has 0 unspecified atom stereocenters. The van der Waals surface area contributed by atoms with Crippen LogP contribution in [-0.4, -0.2) is 22.2 Å². The lowest BCUT2D eigenvalue weighted by atomic mass is 10.2. The lowest BCUT2D eigenvalue weighted by Crippen LogP contribution is -1.89. The smallest absolute Gasteiger partial charge is 0.261 e. The average Bonchev–Trinajstić information content (AvgIpc) is 2.96. The fraction of sp³-hybridized carbons (Fsp3) is 0.133. The van der Waals surface area contributed by atoms with Gasteiger partial charge in [-0.3, -0.25) is 4.98 Å². The van der Waals surface area contributed by atoms with Crippen LogP contribution in [0.15, 0.2) is 41.1 Å². The Morgan fingerprint density at radius 1 is 1.19 bits per heavy atom. The van der Waals surface area contributed by atoms with Gasteiger partial charge in [0.25, 0.3) is 5.89 Å². The minimum atomic E-state index is -0.484. The van der Waals surface area contributed by atoms with Crippen LogP contribution in [0, 0.1) is 12.7 Å². The van der Waals surface area contributed by atoms with Gasteiger partial charge in [-0.15, -0.1) is 0 Å². The molecule has 1 aromatic carbocycles. The highest BCUT2D eigenvalue weighted by atomic mass is 19.1. The van der Waals surface area contributed by atoms with Crippen LogP contribution in [-0.2, 0) is 0 Å². The van der Waals surface area contributed by atoms with Gasteiger partial charge < -0.3 is 9.26 Å². The van der Waals surface area contributed by atoms with E-state index in [1.54, 1.807) is 12.3 Å². The van der Waals surface area contributed by atoms with E-state index in [1.165, 1.54) is 19.2 Å². The van der Waals surface area contributed by atoms with Crippen molar-refractivity contribution in [3.8, 4) is 28.7 Å². The van der Waals surface area contributed by atoms with E-state index in [4.69, 9.17) is 9.26 Å². The molecule has 106 valence electrons. The molecule has 6 heteroatoms. The van der Waals surface area contributed by atoms with E-state index in [0.717, 1.165) is 5.56 Å². The van der Waals surface area contributed by atoms with Crippen LogP contribution < -0.4 is 4.74 Å². The van der Waals surface area contributed by atoms with Gasteiger partial charge in [0.2, 0.25) is 5.82 Å². The van der Waals surface area contributed by atoms with Gasteiger partial charge in [-0.2, -0.15) is 4.98 Å². The fourth-order valence-corrected chi connectivity index (χ4v) is 1.89. The monoisotopic (exact) mass is 285 g/mol. The molecule has 0 saturated heterocycles. The number of halogens is 1. The Labute approximate surface area is 120 Å². The molecule has 2 aromatic heterocycles. The molecule has 0 atom stereocenters. The molecule has 5 nitrogen and oxygen atoms in total. The summed E-state index contributed by atoms with van der Waals surface area (Å²) < 4.78 is 24.0. The van der Waals surface area contributed by atoms with Crippen molar-refractivity contribution in [2.75, 3.05) is 7.11 Å². The van der Waals surface area contributed by atoms with E-state index in [9.17, 15) is 4.39 Å². The molecular weight excluding hydrogens is 273 g/mol. The van der Waals surface area contributed by atoms with Gasteiger partial charge >= 0.3 is 0 Å². The Morgan fingerprint density at radius 2 is 2.05 bits per heavy atom. The van der Waals surface area contributed by atoms with Crippen LogP contribution >= 0.6 is 0 Å². The number of hydrogen-bond acceptors (Lipinski definition) is 5. The summed E-state index contributed by atoms with van der Waals surface area (Å²) in [6.07, 6.45) is 1.66. The molecule has 0 N–H and O–H groups in total. The Kier molecular flexibility index (Phi) is 3.35. The maximum atomic E-state index is 14.0. The summed E-state index contributed by atoms with van der Waals surface area (Å²) in [5, 5.41) is 3.84. The lowest BCUT2D eigenvalue weighted by molar-refractivity contribution is 0.410. The number of methoxy groups -OCH3 is 1. The zero-order valence-electron chi connectivity index (χ0n) is 11.5. The van der Waals surface area contributed by atoms with Crippen LogP contribution in [0.3, 0.4) is 0 Å². The third-order valence-electron chi connectivity index (χ3n) is 2.98. The molecule has 21 heavy (non-hydrogen) atoms. The zero-order chi connectivity index (χ0) is 14.8. The molecule has 0 spiro atoms. The summed E-state index contributed by atoms with van der Waals surface area (Å²) in [6.45, 7) is 1.94. The van der Waals surface area contributed by atoms with E-state index in [-0.39, 0.29) is 11.5 Å². The SMILES string of the molecule is COc1ccc(-c2nc(-c3cc(C)ccn3)no2)c(F)c1. The normalized spacial score (nSPS) is 10.6. The van der Waals surface area contributed by atoms with Crippen LogP contribution in [0.5, 0.6) is 5.75 Å². The number of ether oxygens (including phenoxy) is 1. The summed E-state index contributed by atoms with van der Waals surface area (Å²) in [5.74, 6) is 0.371. The molecule has 0 aliphatic heterocycles. The number of nitrogens with zero attached hydrogens (tertiary/aromatic N) is 3. The number of aromatic nitrogens is 3. The van der Waals surface area contributed by atoms with Crippen LogP contribution in [0.4, 0.5) is 4.39 Å². The molecular formula is C15H12FN3O2. The summed E-state index contributed by atoms with van der Waals surface area (Å²) >= 11 is 0. The van der Waals surface area contributed by atoms with Gasteiger partial charge in [0.05, 0.1) is 12.7 Å². The van der Waals surface area contributed by atoms with Crippen LogP contribution in [0.25, 0.3) is 23.0 Å².